The Morgan fingerprint density at radius 1 is 1.59 bits per heavy atom. The molecule has 0 amide bonds. The largest absolute Gasteiger partial charge is 0.492 e. The van der Waals surface area contributed by atoms with Crippen LogP contribution in [0.2, 0.25) is 0 Å². The molecule has 0 aliphatic carbocycles. The topological polar surface area (TPSA) is 82.3 Å². The van der Waals surface area contributed by atoms with Crippen LogP contribution >= 0.6 is 10.7 Å². The van der Waals surface area contributed by atoms with Crippen molar-refractivity contribution in [2.75, 3.05) is 13.2 Å². The maximum absolute atomic E-state index is 10.9. The van der Waals surface area contributed by atoms with Gasteiger partial charge in [-0.2, -0.15) is 5.26 Å². The summed E-state index contributed by atoms with van der Waals surface area (Å²) in [6, 6.07) is 7.78. The van der Waals surface area contributed by atoms with E-state index < -0.39 is 16.0 Å². The van der Waals surface area contributed by atoms with Crippen LogP contribution in [0.3, 0.4) is 0 Å². The molecular weight excluding hydrogens is 300 g/mol. The van der Waals surface area contributed by atoms with E-state index in [0.29, 0.717) is 30.4 Å². The predicted molar refractivity (Wildman–Crippen MR) is 88.4 cm³/mol. The Labute approximate surface area is 133 Å². The lowest BCUT2D eigenvalue weighted by atomic mass is 9.99. The minimum atomic E-state index is -0.851. The second-order valence-corrected chi connectivity index (χ2v) is 7.29. The highest BCUT2D eigenvalue weighted by Crippen LogP contribution is 2.24. The van der Waals surface area contributed by atoms with E-state index >= 15 is 0 Å². The van der Waals surface area contributed by atoms with Crippen LogP contribution in [0.25, 0.3) is 0 Å². The van der Waals surface area contributed by atoms with Crippen molar-refractivity contribution >= 4 is 21.3 Å². The molecule has 118 valence electrons. The number of ether oxygens (including phenoxy) is 1. The van der Waals surface area contributed by atoms with Gasteiger partial charge in [0.25, 0.3) is 0 Å². The molecule has 2 unspecified atom stereocenters. The predicted octanol–water partition coefficient (Wildman–Crippen LogP) is 3.02. The average Bonchev–Trinajstić information content (AvgIpc) is 2.94. The molecule has 22 heavy (non-hydrogen) atoms. The van der Waals surface area contributed by atoms with Crippen LogP contribution < -0.4 is 9.46 Å². The summed E-state index contributed by atoms with van der Waals surface area (Å²) < 4.78 is 8.63. The minimum absolute atomic E-state index is 0.174. The van der Waals surface area contributed by atoms with Gasteiger partial charge in [-0.15, -0.1) is 0 Å². The highest BCUT2D eigenvalue weighted by Gasteiger charge is 2.19. The van der Waals surface area contributed by atoms with Crippen molar-refractivity contribution in [2.24, 2.45) is 11.8 Å². The zero-order valence-corrected chi connectivity index (χ0v) is 13.5. The number of rotatable bonds is 5. The summed E-state index contributed by atoms with van der Waals surface area (Å²) in [5, 5.41) is 19.3. The van der Waals surface area contributed by atoms with Crippen molar-refractivity contribution in [3.05, 3.63) is 29.3 Å². The van der Waals surface area contributed by atoms with Gasteiger partial charge < -0.3 is 9.84 Å². The SMILES string of the molecule is CC(C)COc1ccc(CC2C=S(C(=O)O)NC2)cc1C#N. The fourth-order valence-electron chi connectivity index (χ4n) is 2.20. The van der Waals surface area contributed by atoms with E-state index in [-0.39, 0.29) is 5.92 Å². The summed E-state index contributed by atoms with van der Waals surface area (Å²) in [6.07, 6.45) is 0.725. The molecule has 0 fully saturated rings. The standard InChI is InChI=1S/C16H20N2O3S/c1-11(2)9-21-15-4-3-12(6-14(15)7-17)5-13-8-18-22(10-13)16(19)20/h3-4,6,10-11,13,18H,5,8-9H2,1-2H3,(H,19,20). The van der Waals surface area contributed by atoms with E-state index in [0.717, 1.165) is 12.0 Å². The Morgan fingerprint density at radius 2 is 2.36 bits per heavy atom. The van der Waals surface area contributed by atoms with Crippen LogP contribution in [0.1, 0.15) is 25.0 Å². The lowest BCUT2D eigenvalue weighted by molar-refractivity contribution is 0.222. The molecule has 0 radical (unpaired) electrons. The molecule has 1 aromatic carbocycles. The third kappa shape index (κ3) is 4.33. The lowest BCUT2D eigenvalue weighted by Gasteiger charge is -2.12. The van der Waals surface area contributed by atoms with Gasteiger partial charge in [0, 0.05) is 12.5 Å². The molecule has 1 heterocycles. The first-order valence-electron chi connectivity index (χ1n) is 7.20. The molecule has 0 saturated heterocycles. The first kappa shape index (κ1) is 16.5. The van der Waals surface area contributed by atoms with E-state index in [1.54, 1.807) is 0 Å². The first-order chi connectivity index (χ1) is 10.5. The third-order valence-corrected chi connectivity index (χ3v) is 4.76. The maximum atomic E-state index is 10.9. The van der Waals surface area contributed by atoms with E-state index in [9.17, 15) is 10.1 Å². The molecule has 1 aliphatic rings. The van der Waals surface area contributed by atoms with Crippen LogP contribution in [-0.4, -0.2) is 28.9 Å². The molecule has 1 aromatic rings. The number of benzene rings is 1. The molecule has 0 spiro atoms. The third-order valence-electron chi connectivity index (χ3n) is 3.25. The fourth-order valence-corrected chi connectivity index (χ4v) is 3.51. The van der Waals surface area contributed by atoms with Crippen molar-refractivity contribution in [2.45, 2.75) is 20.3 Å². The molecule has 2 atom stereocenters. The van der Waals surface area contributed by atoms with Gasteiger partial charge in [-0.25, -0.2) is 4.79 Å². The monoisotopic (exact) mass is 320 g/mol. The lowest BCUT2D eigenvalue weighted by Crippen LogP contribution is -2.13. The summed E-state index contributed by atoms with van der Waals surface area (Å²) in [6.45, 7) is 5.35. The van der Waals surface area contributed by atoms with Gasteiger partial charge in [0.15, 0.2) is 0 Å². The normalized spacial score (nSPS) is 20.5. The van der Waals surface area contributed by atoms with Crippen molar-refractivity contribution in [1.82, 2.24) is 4.72 Å². The van der Waals surface area contributed by atoms with Crippen LogP contribution in [0.5, 0.6) is 5.75 Å². The molecule has 6 heteroatoms. The zero-order chi connectivity index (χ0) is 16.1. The molecule has 0 aromatic heterocycles. The first-order valence-corrected chi connectivity index (χ1v) is 8.48. The smallest absolute Gasteiger partial charge is 0.372 e. The Bertz CT molecular complexity index is 635. The quantitative estimate of drug-likeness (QED) is 0.815. The van der Waals surface area contributed by atoms with Crippen molar-refractivity contribution < 1.29 is 14.6 Å². The number of hydrogen-bond donors (Lipinski definition) is 2. The van der Waals surface area contributed by atoms with Gasteiger partial charge in [0.05, 0.1) is 12.2 Å². The zero-order valence-electron chi connectivity index (χ0n) is 12.7. The number of nitrogens with one attached hydrogen (secondary N) is 1. The van der Waals surface area contributed by atoms with E-state index in [1.165, 1.54) is 0 Å². The summed E-state index contributed by atoms with van der Waals surface area (Å²) >= 11 is 0. The highest BCUT2D eigenvalue weighted by molar-refractivity contribution is 8.26. The van der Waals surface area contributed by atoms with Gasteiger partial charge in [-0.1, -0.05) is 19.9 Å². The van der Waals surface area contributed by atoms with Gasteiger partial charge in [0.1, 0.15) is 11.8 Å². The molecule has 0 saturated carbocycles. The van der Waals surface area contributed by atoms with Crippen molar-refractivity contribution in [1.29, 1.82) is 5.26 Å². The van der Waals surface area contributed by atoms with Crippen LogP contribution in [0, 0.1) is 23.2 Å². The van der Waals surface area contributed by atoms with Gasteiger partial charge in [0.2, 0.25) is 0 Å². The summed E-state index contributed by atoms with van der Waals surface area (Å²) in [7, 11) is -0.851. The molecule has 1 aliphatic heterocycles. The fraction of sp³-hybridized carbons (Fsp3) is 0.438. The Kier molecular flexibility index (Phi) is 5.58. The Morgan fingerprint density at radius 3 is 2.95 bits per heavy atom. The Balaban J connectivity index is 2.07. The second kappa shape index (κ2) is 7.43. The molecular formula is C16H20N2O3S. The van der Waals surface area contributed by atoms with Gasteiger partial charge in [-0.3, -0.25) is 4.72 Å². The van der Waals surface area contributed by atoms with E-state index in [2.05, 4.69) is 24.6 Å². The Hall–Kier alpha value is -1.84. The number of carboxylic acid groups (broad SMARTS) is 1. The molecule has 2 rings (SSSR count). The summed E-state index contributed by atoms with van der Waals surface area (Å²) in [4.78, 5) is 10.9. The summed E-state index contributed by atoms with van der Waals surface area (Å²) in [5.74, 6) is 1.19. The second-order valence-electron chi connectivity index (χ2n) is 5.70. The van der Waals surface area contributed by atoms with Crippen LogP contribution in [0.4, 0.5) is 4.79 Å². The molecule has 5 nitrogen and oxygen atoms in total. The van der Waals surface area contributed by atoms with Crippen LogP contribution in [0.15, 0.2) is 18.2 Å². The van der Waals surface area contributed by atoms with E-state index in [4.69, 9.17) is 9.84 Å². The number of nitrogens with zero attached hydrogens (tertiary/aromatic N) is 1. The number of hydrogen-bond acceptors (Lipinski definition) is 4. The average molecular weight is 320 g/mol. The number of carbonyl (C=O) groups is 1. The minimum Gasteiger partial charge on any atom is -0.492 e. The summed E-state index contributed by atoms with van der Waals surface area (Å²) in [5.41, 5.74) is 1.55. The maximum Gasteiger partial charge on any atom is 0.372 e. The van der Waals surface area contributed by atoms with Crippen LogP contribution in [-0.2, 0) is 6.42 Å². The van der Waals surface area contributed by atoms with Crippen molar-refractivity contribution in [3.63, 3.8) is 0 Å². The van der Waals surface area contributed by atoms with Gasteiger partial charge in [-0.05, 0) is 46.1 Å². The van der Waals surface area contributed by atoms with Gasteiger partial charge >= 0.3 is 5.30 Å². The highest BCUT2D eigenvalue weighted by atomic mass is 32.2. The van der Waals surface area contributed by atoms with Crippen molar-refractivity contribution in [3.8, 4) is 11.8 Å². The van der Waals surface area contributed by atoms with E-state index in [1.807, 2.05) is 23.6 Å². The molecule has 0 bridgehead atoms. The molecule has 2 N–H and O–H groups in total. The number of nitriles is 1.